The van der Waals surface area contributed by atoms with E-state index in [2.05, 4.69) is 156 Å². The number of aryl methyl sites for hydroxylation is 1. The van der Waals surface area contributed by atoms with Crippen LogP contribution >= 0.6 is 0 Å². The van der Waals surface area contributed by atoms with Crippen molar-refractivity contribution in [1.29, 1.82) is 0 Å². The van der Waals surface area contributed by atoms with E-state index in [0.29, 0.717) is 19.1 Å². The first kappa shape index (κ1) is 41.5. The van der Waals surface area contributed by atoms with Gasteiger partial charge in [-0.15, -0.1) is 0 Å². The number of amides is 1. The second-order valence-electron chi connectivity index (χ2n) is 18.5. The molecule has 2 spiro atoms. The number of anilines is 3. The number of carbonyl (C=O) groups excluding carboxylic acids is 1. The van der Waals surface area contributed by atoms with E-state index in [1.165, 1.54) is 27.9 Å². The second-order valence-corrected chi connectivity index (χ2v) is 18.5. The van der Waals surface area contributed by atoms with Crippen molar-refractivity contribution in [3.8, 4) is 23.0 Å². The highest BCUT2D eigenvalue weighted by molar-refractivity contribution is 6.12. The Morgan fingerprint density at radius 3 is 1.66 bits per heavy atom. The van der Waals surface area contributed by atoms with Gasteiger partial charge in [-0.25, -0.2) is 0 Å². The van der Waals surface area contributed by atoms with Crippen LogP contribution in [0.5, 0.6) is 23.0 Å². The maximum absolute atomic E-state index is 14.6. The maximum atomic E-state index is 14.6. The number of hydrogen-bond acceptors (Lipinski definition) is 7. The van der Waals surface area contributed by atoms with E-state index in [-0.39, 0.29) is 30.0 Å². The highest BCUT2D eigenvalue weighted by Crippen LogP contribution is 2.58. The van der Waals surface area contributed by atoms with Crippen LogP contribution in [0.3, 0.4) is 0 Å². The van der Waals surface area contributed by atoms with Gasteiger partial charge in [0.05, 0.1) is 30.3 Å². The lowest BCUT2D eigenvalue weighted by Gasteiger charge is -2.33. The molecule has 0 saturated heterocycles. The molecule has 8 aromatic carbocycles. The van der Waals surface area contributed by atoms with Crippen LogP contribution in [-0.4, -0.2) is 46.6 Å². The van der Waals surface area contributed by atoms with Gasteiger partial charge in [0.25, 0.3) is 0 Å². The Balaban J connectivity index is 0.000000141. The largest absolute Gasteiger partial charge is 0.496 e. The van der Waals surface area contributed by atoms with E-state index >= 15 is 0 Å². The van der Waals surface area contributed by atoms with Crippen molar-refractivity contribution in [2.45, 2.75) is 29.8 Å². The van der Waals surface area contributed by atoms with Crippen LogP contribution < -0.4 is 33.6 Å². The molecule has 2 unspecified atom stereocenters. The van der Waals surface area contributed by atoms with E-state index < -0.39 is 5.41 Å². The minimum absolute atomic E-state index is 0.0368. The monoisotopic (exact) mass is 893 g/mol. The van der Waals surface area contributed by atoms with Crippen molar-refractivity contribution in [2.24, 2.45) is 0 Å². The molecule has 0 radical (unpaired) electrons. The lowest BCUT2D eigenvalue weighted by molar-refractivity contribution is -0.122. The molecule has 1 amide bonds. The van der Waals surface area contributed by atoms with E-state index in [9.17, 15) is 4.79 Å². The molecule has 8 aromatic rings. The fourth-order valence-corrected chi connectivity index (χ4v) is 11.5. The number of hydrogen-bond donors (Lipinski definition) is 0. The third kappa shape index (κ3) is 6.38. The topological polar surface area (TPSA) is 63.7 Å². The van der Waals surface area contributed by atoms with Gasteiger partial charge in [0.15, 0.2) is 6.73 Å². The molecule has 336 valence electrons. The Labute approximate surface area is 397 Å². The summed E-state index contributed by atoms with van der Waals surface area (Å²) in [6, 6.07) is 67.3. The summed E-state index contributed by atoms with van der Waals surface area (Å²) in [5.74, 6) is 3.37. The fraction of sp³-hybridized carbons (Fsp3) is 0.183. The van der Waals surface area contributed by atoms with Gasteiger partial charge in [0, 0.05) is 48.2 Å². The Morgan fingerprint density at radius 2 is 1.04 bits per heavy atom. The quantitative estimate of drug-likeness (QED) is 0.158. The molecule has 0 fully saturated rings. The first-order chi connectivity index (χ1) is 33.4. The van der Waals surface area contributed by atoms with Crippen molar-refractivity contribution < 1.29 is 23.7 Å². The molecule has 0 saturated carbocycles. The van der Waals surface area contributed by atoms with Crippen LogP contribution in [0.15, 0.2) is 194 Å². The van der Waals surface area contributed by atoms with Gasteiger partial charge in [-0.1, -0.05) is 158 Å². The van der Waals surface area contributed by atoms with Gasteiger partial charge in [0.2, 0.25) is 5.91 Å². The molecule has 5 aliphatic rings. The van der Waals surface area contributed by atoms with E-state index in [0.717, 1.165) is 63.0 Å². The molecule has 68 heavy (non-hydrogen) atoms. The smallest absolute Gasteiger partial charge is 0.246 e. The number of carbonyl (C=O) groups is 1. The minimum atomic E-state index is -0.884. The van der Waals surface area contributed by atoms with Crippen molar-refractivity contribution in [3.63, 3.8) is 0 Å². The number of ether oxygens (including phenoxy) is 4. The lowest BCUT2D eigenvalue weighted by Crippen LogP contribution is -2.44. The van der Waals surface area contributed by atoms with Gasteiger partial charge >= 0.3 is 0 Å². The number of rotatable bonds is 7. The van der Waals surface area contributed by atoms with Gasteiger partial charge in [-0.05, 0) is 70.1 Å². The average molecular weight is 894 g/mol. The average Bonchev–Trinajstić information content (AvgIpc) is 4.19. The molecular weight excluding hydrogens is 843 g/mol. The Kier molecular flexibility index (Phi) is 10.0. The number of nitrogens with zero attached hydrogens (tertiary/aromatic N) is 3. The van der Waals surface area contributed by atoms with E-state index in [1.54, 1.807) is 7.11 Å². The first-order valence-electron chi connectivity index (χ1n) is 23.4. The van der Waals surface area contributed by atoms with Crippen LogP contribution in [0.2, 0.25) is 0 Å². The summed E-state index contributed by atoms with van der Waals surface area (Å²) in [5.41, 5.74) is 12.5. The third-order valence-electron chi connectivity index (χ3n) is 14.7. The van der Waals surface area contributed by atoms with Crippen LogP contribution in [0.1, 0.15) is 62.2 Å². The molecule has 13 rings (SSSR count). The number of para-hydroxylation sites is 2. The zero-order valence-corrected chi connectivity index (χ0v) is 38.3. The Hall–Kier alpha value is -7.97. The summed E-state index contributed by atoms with van der Waals surface area (Å²) in [7, 11) is 3.73. The highest BCUT2D eigenvalue weighted by Gasteiger charge is 2.59. The first-order valence-corrected chi connectivity index (χ1v) is 23.4. The summed E-state index contributed by atoms with van der Waals surface area (Å²) in [4.78, 5) is 21.3. The highest BCUT2D eigenvalue weighted by atomic mass is 16.5. The standard InChI is InChI=1S/C30H26N2O2.C30H25NO3/c1-31-20-34-28-17-27-24(16-26(28)31)30(19-33-27)18-32(25-15-9-8-14-23(25)30)29(21-10-4-2-5-11-21)22-12-6-3-7-13-22;1-20-17-24-27(18-26(20)33-2)34-19-30(24)23-15-9-10-16-25(23)31(29(30)32)28(21-11-5-3-6-12-21)22-13-7-4-8-14-22/h2-17,29H,18-20H2,1H3;3-18,28H,19H2,1-2H3. The molecule has 0 aromatic heterocycles. The zero-order valence-electron chi connectivity index (χ0n) is 38.3. The Bertz CT molecular complexity index is 3110. The van der Waals surface area contributed by atoms with Crippen molar-refractivity contribution in [3.05, 3.63) is 244 Å². The summed E-state index contributed by atoms with van der Waals surface area (Å²) in [5, 5.41) is 0. The zero-order chi connectivity index (χ0) is 46.0. The summed E-state index contributed by atoms with van der Waals surface area (Å²) in [6.07, 6.45) is 0. The molecule has 5 aliphatic heterocycles. The second kappa shape index (κ2) is 16.4. The van der Waals surface area contributed by atoms with Crippen LogP contribution in [0, 0.1) is 6.92 Å². The van der Waals surface area contributed by atoms with Crippen LogP contribution in [0.4, 0.5) is 17.1 Å². The molecule has 8 heteroatoms. The predicted molar refractivity (Wildman–Crippen MR) is 268 cm³/mol. The SMILES string of the molecule is CN1COc2cc3c(cc21)C1(CO3)CN(C(c2ccccc2)c2ccccc2)c2ccccc21.COc1cc2c(cc1C)C1(CO2)C(=O)N(C(c2ccccc2)c2ccccc2)c2ccccc21. The minimum Gasteiger partial charge on any atom is -0.496 e. The number of benzene rings is 8. The van der Waals surface area contributed by atoms with E-state index in [4.69, 9.17) is 18.9 Å². The van der Waals surface area contributed by atoms with Gasteiger partial charge in [0.1, 0.15) is 41.6 Å². The van der Waals surface area contributed by atoms with Crippen LogP contribution in [-0.2, 0) is 15.6 Å². The van der Waals surface area contributed by atoms with Crippen molar-refractivity contribution in [1.82, 2.24) is 0 Å². The molecule has 8 nitrogen and oxygen atoms in total. The molecule has 5 heterocycles. The molecule has 2 atom stereocenters. The predicted octanol–water partition coefficient (Wildman–Crippen LogP) is 11.6. The molecule has 0 N–H and O–H groups in total. The summed E-state index contributed by atoms with van der Waals surface area (Å²) >= 11 is 0. The number of methoxy groups -OCH3 is 1. The molecule has 0 aliphatic carbocycles. The van der Waals surface area contributed by atoms with Crippen molar-refractivity contribution in [2.75, 3.05) is 55.3 Å². The molecular formula is C60H51N3O5. The summed E-state index contributed by atoms with van der Waals surface area (Å²) < 4.78 is 23.9. The number of fused-ring (bicyclic) bond motifs is 9. The fourth-order valence-electron chi connectivity index (χ4n) is 11.5. The van der Waals surface area contributed by atoms with Crippen molar-refractivity contribution >= 4 is 23.0 Å². The normalized spacial score (nSPS) is 19.0. The third-order valence-corrected chi connectivity index (χ3v) is 14.7. The lowest BCUT2D eigenvalue weighted by atomic mass is 9.76. The van der Waals surface area contributed by atoms with Gasteiger partial charge in [-0.3, -0.25) is 9.69 Å². The molecule has 0 bridgehead atoms. The van der Waals surface area contributed by atoms with E-state index in [1.807, 2.05) is 66.4 Å². The summed E-state index contributed by atoms with van der Waals surface area (Å²) in [6.45, 7) is 4.36. The Morgan fingerprint density at radius 1 is 0.515 bits per heavy atom. The van der Waals surface area contributed by atoms with Gasteiger partial charge in [-0.2, -0.15) is 0 Å². The van der Waals surface area contributed by atoms with Crippen LogP contribution in [0.25, 0.3) is 0 Å². The van der Waals surface area contributed by atoms with Gasteiger partial charge < -0.3 is 28.7 Å². The maximum Gasteiger partial charge on any atom is 0.246 e.